The summed E-state index contributed by atoms with van der Waals surface area (Å²) in [5.74, 6) is 1.84. The molecule has 0 radical (unpaired) electrons. The van der Waals surface area contributed by atoms with Crippen LogP contribution in [0.15, 0.2) is 16.9 Å². The van der Waals surface area contributed by atoms with Crippen LogP contribution < -0.4 is 5.32 Å². The second kappa shape index (κ2) is 5.11. The zero-order valence-electron chi connectivity index (χ0n) is 11.7. The summed E-state index contributed by atoms with van der Waals surface area (Å²) in [5, 5.41) is 6.96. The molecule has 0 spiro atoms. The number of nitrogens with zero attached hydrogens (tertiary/aromatic N) is 3. The number of imidazole rings is 1. The third-order valence-electron chi connectivity index (χ3n) is 3.82. The topological polar surface area (TPSA) is 73.0 Å². The van der Waals surface area contributed by atoms with E-state index in [1.165, 1.54) is 0 Å². The Hall–Kier alpha value is -2.11. The van der Waals surface area contributed by atoms with Gasteiger partial charge in [0.15, 0.2) is 0 Å². The fourth-order valence-electron chi connectivity index (χ4n) is 2.68. The van der Waals surface area contributed by atoms with E-state index in [2.05, 4.69) is 20.0 Å². The third kappa shape index (κ3) is 2.45. The molecule has 1 aliphatic heterocycles. The number of carbonyl (C=O) groups is 1. The van der Waals surface area contributed by atoms with Gasteiger partial charge in [0.2, 0.25) is 5.91 Å². The molecule has 1 N–H and O–H groups in total. The van der Waals surface area contributed by atoms with Gasteiger partial charge < -0.3 is 14.4 Å². The van der Waals surface area contributed by atoms with Crippen molar-refractivity contribution in [1.29, 1.82) is 0 Å². The Morgan fingerprint density at radius 3 is 3.15 bits per heavy atom. The number of hydrogen-bond acceptors (Lipinski definition) is 4. The molecule has 0 fully saturated rings. The lowest BCUT2D eigenvalue weighted by molar-refractivity contribution is -0.121. The van der Waals surface area contributed by atoms with Crippen LogP contribution in [-0.2, 0) is 24.2 Å². The second-order valence-electron chi connectivity index (χ2n) is 5.28. The largest absolute Gasteiger partial charge is 0.361 e. The minimum Gasteiger partial charge on any atom is -0.361 e. The molecule has 1 unspecified atom stereocenters. The summed E-state index contributed by atoms with van der Waals surface area (Å²) in [4.78, 5) is 16.4. The standard InChI is InChI=1S/C14H18N4O2/c1-9-12(10(2)20-17-9)7-14(19)16-11-3-4-13-15-5-6-18(13)8-11/h5-6,11H,3-4,7-8H2,1-2H3,(H,16,19). The molecule has 3 heterocycles. The molecule has 6 nitrogen and oxygen atoms in total. The van der Waals surface area contributed by atoms with Crippen LogP contribution in [0.5, 0.6) is 0 Å². The summed E-state index contributed by atoms with van der Waals surface area (Å²) < 4.78 is 7.18. The Labute approximate surface area is 117 Å². The van der Waals surface area contributed by atoms with Gasteiger partial charge in [0.05, 0.1) is 12.1 Å². The normalized spacial score (nSPS) is 17.8. The first-order valence-corrected chi connectivity index (χ1v) is 6.84. The Morgan fingerprint density at radius 2 is 2.40 bits per heavy atom. The quantitative estimate of drug-likeness (QED) is 0.911. The van der Waals surface area contributed by atoms with Gasteiger partial charge in [0.25, 0.3) is 0 Å². The maximum Gasteiger partial charge on any atom is 0.224 e. The number of hydrogen-bond donors (Lipinski definition) is 1. The molecule has 0 aromatic carbocycles. The van der Waals surface area contributed by atoms with Crippen molar-refractivity contribution in [3.05, 3.63) is 35.2 Å². The molecule has 0 bridgehead atoms. The zero-order valence-corrected chi connectivity index (χ0v) is 11.7. The molecule has 0 saturated carbocycles. The molecule has 106 valence electrons. The molecular formula is C14H18N4O2. The highest BCUT2D eigenvalue weighted by Crippen LogP contribution is 2.15. The van der Waals surface area contributed by atoms with Crippen LogP contribution in [0.25, 0.3) is 0 Å². The molecule has 1 aliphatic rings. The van der Waals surface area contributed by atoms with Gasteiger partial charge in [0.1, 0.15) is 11.6 Å². The lowest BCUT2D eigenvalue weighted by Crippen LogP contribution is -2.41. The van der Waals surface area contributed by atoms with Gasteiger partial charge in [-0.2, -0.15) is 0 Å². The summed E-state index contributed by atoms with van der Waals surface area (Å²) in [6.45, 7) is 4.49. The van der Waals surface area contributed by atoms with Crippen LogP contribution in [0, 0.1) is 13.8 Å². The lowest BCUT2D eigenvalue weighted by atomic mass is 10.1. The number of fused-ring (bicyclic) bond motifs is 1. The smallest absolute Gasteiger partial charge is 0.224 e. The molecule has 6 heteroatoms. The van der Waals surface area contributed by atoms with Gasteiger partial charge in [-0.25, -0.2) is 4.98 Å². The van der Waals surface area contributed by atoms with Crippen LogP contribution in [0.1, 0.15) is 29.3 Å². The molecule has 20 heavy (non-hydrogen) atoms. The SMILES string of the molecule is Cc1noc(C)c1CC(=O)NC1CCc2nccn2C1. The predicted octanol–water partition coefficient (Wildman–Crippen LogP) is 1.16. The Bertz CT molecular complexity index is 609. The van der Waals surface area contributed by atoms with Crippen molar-refractivity contribution in [2.24, 2.45) is 0 Å². The number of nitrogens with one attached hydrogen (secondary N) is 1. The van der Waals surface area contributed by atoms with Gasteiger partial charge in [-0.05, 0) is 20.3 Å². The van der Waals surface area contributed by atoms with Crippen molar-refractivity contribution >= 4 is 5.91 Å². The predicted molar refractivity (Wildman–Crippen MR) is 72.2 cm³/mol. The third-order valence-corrected chi connectivity index (χ3v) is 3.82. The highest BCUT2D eigenvalue weighted by atomic mass is 16.5. The molecule has 2 aromatic heterocycles. The van der Waals surface area contributed by atoms with Crippen molar-refractivity contribution in [1.82, 2.24) is 20.0 Å². The van der Waals surface area contributed by atoms with Gasteiger partial charge >= 0.3 is 0 Å². The van der Waals surface area contributed by atoms with E-state index < -0.39 is 0 Å². The first-order valence-electron chi connectivity index (χ1n) is 6.84. The van der Waals surface area contributed by atoms with Gasteiger partial charge in [-0.1, -0.05) is 5.16 Å². The fourth-order valence-corrected chi connectivity index (χ4v) is 2.68. The Kier molecular flexibility index (Phi) is 3.30. The van der Waals surface area contributed by atoms with Gasteiger partial charge in [-0.3, -0.25) is 4.79 Å². The molecule has 0 saturated heterocycles. The maximum absolute atomic E-state index is 12.1. The summed E-state index contributed by atoms with van der Waals surface area (Å²) >= 11 is 0. The summed E-state index contributed by atoms with van der Waals surface area (Å²) in [6.07, 6.45) is 5.94. The molecule has 1 atom stereocenters. The average molecular weight is 274 g/mol. The number of aryl methyl sites for hydroxylation is 3. The molecule has 2 aromatic rings. The lowest BCUT2D eigenvalue weighted by Gasteiger charge is -2.24. The van der Waals surface area contributed by atoms with Gasteiger partial charge in [-0.15, -0.1) is 0 Å². The van der Waals surface area contributed by atoms with Crippen molar-refractivity contribution in [2.75, 3.05) is 0 Å². The van der Waals surface area contributed by atoms with Crippen LogP contribution in [0.4, 0.5) is 0 Å². The minimum atomic E-state index is 0.0213. The summed E-state index contributed by atoms with van der Waals surface area (Å²) in [6, 6.07) is 0.171. The van der Waals surface area contributed by atoms with Crippen molar-refractivity contribution in [3.63, 3.8) is 0 Å². The van der Waals surface area contributed by atoms with E-state index in [4.69, 9.17) is 4.52 Å². The van der Waals surface area contributed by atoms with E-state index in [-0.39, 0.29) is 11.9 Å². The van der Waals surface area contributed by atoms with E-state index in [0.717, 1.165) is 42.2 Å². The molecule has 3 rings (SSSR count). The first-order chi connectivity index (χ1) is 9.63. The maximum atomic E-state index is 12.1. The number of amides is 1. The zero-order chi connectivity index (χ0) is 14.1. The number of aromatic nitrogens is 3. The molecule has 1 amide bonds. The number of rotatable bonds is 3. The van der Waals surface area contributed by atoms with Crippen molar-refractivity contribution < 1.29 is 9.32 Å². The fraction of sp³-hybridized carbons (Fsp3) is 0.500. The van der Waals surface area contributed by atoms with Crippen molar-refractivity contribution in [2.45, 2.75) is 45.7 Å². The van der Waals surface area contributed by atoms with E-state index >= 15 is 0 Å². The van der Waals surface area contributed by atoms with Crippen LogP contribution in [0.3, 0.4) is 0 Å². The first kappa shape index (κ1) is 12.9. The minimum absolute atomic E-state index is 0.0213. The van der Waals surface area contributed by atoms with E-state index in [1.54, 1.807) is 0 Å². The molecular weight excluding hydrogens is 256 g/mol. The van der Waals surface area contributed by atoms with E-state index in [9.17, 15) is 4.79 Å². The van der Waals surface area contributed by atoms with Crippen molar-refractivity contribution in [3.8, 4) is 0 Å². The highest BCUT2D eigenvalue weighted by Gasteiger charge is 2.21. The number of carbonyl (C=O) groups excluding carboxylic acids is 1. The molecule has 0 aliphatic carbocycles. The van der Waals surface area contributed by atoms with E-state index in [0.29, 0.717) is 6.42 Å². The van der Waals surface area contributed by atoms with E-state index in [1.807, 2.05) is 26.2 Å². The summed E-state index contributed by atoms with van der Waals surface area (Å²) in [7, 11) is 0. The van der Waals surface area contributed by atoms with Crippen LogP contribution >= 0.6 is 0 Å². The van der Waals surface area contributed by atoms with Crippen LogP contribution in [-0.4, -0.2) is 26.7 Å². The summed E-state index contributed by atoms with van der Waals surface area (Å²) in [5.41, 5.74) is 1.68. The monoisotopic (exact) mass is 274 g/mol. The Balaban J connectivity index is 1.60. The highest BCUT2D eigenvalue weighted by molar-refractivity contribution is 5.79. The Morgan fingerprint density at radius 1 is 1.55 bits per heavy atom. The average Bonchev–Trinajstić information content (AvgIpc) is 3.00. The van der Waals surface area contributed by atoms with Gasteiger partial charge in [0, 0.05) is 37.0 Å². The van der Waals surface area contributed by atoms with Crippen LogP contribution in [0.2, 0.25) is 0 Å². The second-order valence-corrected chi connectivity index (χ2v) is 5.28.